The summed E-state index contributed by atoms with van der Waals surface area (Å²) in [6.07, 6.45) is 8.64. The number of halogens is 2. The molecule has 0 saturated heterocycles. The van der Waals surface area contributed by atoms with Gasteiger partial charge in [0.05, 0.1) is 30.2 Å². The molecule has 0 spiro atoms. The lowest BCUT2D eigenvalue weighted by Crippen LogP contribution is -2.48. The summed E-state index contributed by atoms with van der Waals surface area (Å²) in [5.41, 5.74) is 4.34. The fourth-order valence-corrected chi connectivity index (χ4v) is 5.44. The van der Waals surface area contributed by atoms with Crippen molar-refractivity contribution in [2.45, 2.75) is 71.1 Å². The van der Waals surface area contributed by atoms with E-state index >= 15 is 0 Å². The molecule has 1 aliphatic rings. The molecule has 41 heavy (non-hydrogen) atoms. The Kier molecular flexibility index (Phi) is 9.21. The fourth-order valence-electron chi connectivity index (χ4n) is 5.44. The van der Waals surface area contributed by atoms with Crippen LogP contribution in [-0.4, -0.2) is 43.9 Å². The van der Waals surface area contributed by atoms with Crippen LogP contribution in [0.1, 0.15) is 48.6 Å². The summed E-state index contributed by atoms with van der Waals surface area (Å²) in [5.74, 6) is -0.775. The van der Waals surface area contributed by atoms with Crippen LogP contribution in [0.15, 0.2) is 61.2 Å². The van der Waals surface area contributed by atoms with Gasteiger partial charge in [-0.1, -0.05) is 31.5 Å². The van der Waals surface area contributed by atoms with Crippen molar-refractivity contribution in [3.05, 3.63) is 95.2 Å². The van der Waals surface area contributed by atoms with E-state index in [1.54, 1.807) is 6.33 Å². The molecule has 2 aromatic carbocycles. The Morgan fingerprint density at radius 1 is 1.20 bits per heavy atom. The molecule has 2 aromatic heterocycles. The van der Waals surface area contributed by atoms with Gasteiger partial charge in [-0.25, -0.2) is 13.8 Å². The first-order valence-corrected chi connectivity index (χ1v) is 14.3. The van der Waals surface area contributed by atoms with Gasteiger partial charge >= 0.3 is 0 Å². The van der Waals surface area contributed by atoms with Crippen LogP contribution in [0.25, 0.3) is 5.69 Å². The summed E-state index contributed by atoms with van der Waals surface area (Å²) in [6, 6.07) is 11.9. The van der Waals surface area contributed by atoms with Crippen molar-refractivity contribution in [2.24, 2.45) is 0 Å². The lowest BCUT2D eigenvalue weighted by molar-refractivity contribution is -0.118. The highest BCUT2D eigenvalue weighted by molar-refractivity contribution is 5.94. The second-order valence-corrected chi connectivity index (χ2v) is 10.7. The van der Waals surface area contributed by atoms with Gasteiger partial charge < -0.3 is 20.5 Å². The minimum Gasteiger partial charge on any atom is -0.311 e. The molecule has 1 amide bonds. The number of amides is 1. The second-order valence-electron chi connectivity index (χ2n) is 10.7. The Bertz CT molecular complexity index is 1480. The first kappa shape index (κ1) is 28.6. The highest BCUT2D eigenvalue weighted by atomic mass is 19.1. The number of fused-ring (bicyclic) bond motifs is 1. The van der Waals surface area contributed by atoms with Gasteiger partial charge in [0.1, 0.15) is 18.0 Å². The van der Waals surface area contributed by atoms with Crippen LogP contribution in [0.3, 0.4) is 0 Å². The molecule has 0 saturated carbocycles. The molecule has 0 radical (unpaired) electrons. The van der Waals surface area contributed by atoms with Gasteiger partial charge in [0, 0.05) is 31.4 Å². The first-order valence-electron chi connectivity index (χ1n) is 14.3. The molecule has 1 unspecified atom stereocenters. The first-order chi connectivity index (χ1) is 19.9. The van der Waals surface area contributed by atoms with E-state index in [4.69, 9.17) is 0 Å². The molecule has 1 aliphatic carbocycles. The largest absolute Gasteiger partial charge is 0.311 e. The number of imidazole rings is 1. The van der Waals surface area contributed by atoms with E-state index in [0.717, 1.165) is 42.5 Å². The monoisotopic (exact) mass is 561 g/mol. The van der Waals surface area contributed by atoms with Gasteiger partial charge in [0.2, 0.25) is 5.91 Å². The minimum absolute atomic E-state index is 0.0704. The quantitative estimate of drug-likeness (QED) is 0.218. The van der Waals surface area contributed by atoms with Crippen molar-refractivity contribution in [3.63, 3.8) is 0 Å². The number of hydrogen-bond donors (Lipinski definition) is 3. The van der Waals surface area contributed by atoms with Crippen LogP contribution < -0.4 is 16.0 Å². The maximum atomic E-state index is 14.4. The average Bonchev–Trinajstić information content (AvgIpc) is 3.60. The van der Waals surface area contributed by atoms with E-state index in [9.17, 15) is 13.6 Å². The summed E-state index contributed by atoms with van der Waals surface area (Å²) >= 11 is 0. The Balaban J connectivity index is 1.19. The summed E-state index contributed by atoms with van der Waals surface area (Å²) in [5, 5.41) is 14.3. The van der Waals surface area contributed by atoms with Crippen molar-refractivity contribution in [1.82, 2.24) is 30.0 Å². The molecular formula is C31H37F2N7O. The highest BCUT2D eigenvalue weighted by Crippen LogP contribution is 2.26. The molecular weight excluding hydrogens is 524 g/mol. The summed E-state index contributed by atoms with van der Waals surface area (Å²) in [7, 11) is 0. The van der Waals surface area contributed by atoms with Crippen LogP contribution in [0.5, 0.6) is 0 Å². The number of aromatic nitrogens is 4. The molecule has 3 N–H and O–H groups in total. The number of rotatable bonds is 12. The van der Waals surface area contributed by atoms with Crippen molar-refractivity contribution < 1.29 is 13.6 Å². The third kappa shape index (κ3) is 7.25. The molecule has 8 nitrogen and oxygen atoms in total. The van der Waals surface area contributed by atoms with Crippen LogP contribution in [0.4, 0.5) is 14.6 Å². The summed E-state index contributed by atoms with van der Waals surface area (Å²) in [6.45, 7) is 6.24. The number of carbonyl (C=O) groups is 1. The standard InChI is InChI=1S/C31H37F2N7O/c1-3-6-28(36-25-10-9-22-15-24(32)16-27(33)26(22)17-25)31(41)37-30-19-39(20-35-30)29-8-5-4-7-23(29)18-34-12-14-40-13-11-21(2)38-40/h4-5,7-8,11,13,15-16,19-20,25,28,34,36H,3,6,9-10,12,14,17-18H2,1-2H3,(H,37,41)/t25-,28?/m0/s1. The summed E-state index contributed by atoms with van der Waals surface area (Å²) in [4.78, 5) is 17.7. The molecule has 0 aliphatic heterocycles. The molecule has 10 heteroatoms. The smallest absolute Gasteiger partial charge is 0.242 e. The zero-order valence-electron chi connectivity index (χ0n) is 23.5. The van der Waals surface area contributed by atoms with Crippen LogP contribution in [0, 0.1) is 18.6 Å². The van der Waals surface area contributed by atoms with Gasteiger partial charge in [-0.2, -0.15) is 5.10 Å². The predicted octanol–water partition coefficient (Wildman–Crippen LogP) is 4.70. The maximum Gasteiger partial charge on any atom is 0.242 e. The Morgan fingerprint density at radius 3 is 2.85 bits per heavy atom. The van der Waals surface area contributed by atoms with Gasteiger partial charge in [0.15, 0.2) is 5.82 Å². The van der Waals surface area contributed by atoms with Crippen molar-refractivity contribution >= 4 is 11.7 Å². The zero-order valence-corrected chi connectivity index (χ0v) is 23.5. The van der Waals surface area contributed by atoms with Crippen LogP contribution in [0.2, 0.25) is 0 Å². The second kappa shape index (κ2) is 13.2. The number of para-hydroxylation sites is 1. The number of nitrogens with zero attached hydrogens (tertiary/aromatic N) is 4. The molecule has 216 valence electrons. The van der Waals surface area contributed by atoms with E-state index in [1.165, 1.54) is 6.07 Å². The molecule has 5 rings (SSSR count). The highest BCUT2D eigenvalue weighted by Gasteiger charge is 2.27. The fraction of sp³-hybridized carbons (Fsp3) is 0.387. The van der Waals surface area contributed by atoms with E-state index in [1.807, 2.05) is 59.8 Å². The number of aryl methyl sites for hydroxylation is 2. The zero-order chi connectivity index (χ0) is 28.8. The lowest BCUT2D eigenvalue weighted by Gasteiger charge is -2.29. The Labute approximate surface area is 239 Å². The topological polar surface area (TPSA) is 88.8 Å². The average molecular weight is 562 g/mol. The van der Waals surface area contributed by atoms with E-state index in [0.29, 0.717) is 49.2 Å². The van der Waals surface area contributed by atoms with E-state index in [-0.39, 0.29) is 11.9 Å². The molecule has 0 bridgehead atoms. The summed E-state index contributed by atoms with van der Waals surface area (Å²) < 4.78 is 31.8. The Morgan fingerprint density at radius 2 is 2.05 bits per heavy atom. The molecule has 2 atom stereocenters. The molecule has 4 aromatic rings. The maximum absolute atomic E-state index is 14.4. The van der Waals surface area contributed by atoms with Gasteiger partial charge in [-0.15, -0.1) is 0 Å². The van der Waals surface area contributed by atoms with E-state index in [2.05, 4.69) is 32.1 Å². The number of anilines is 1. The van der Waals surface area contributed by atoms with Crippen molar-refractivity contribution in [3.8, 4) is 5.69 Å². The van der Waals surface area contributed by atoms with Crippen molar-refractivity contribution in [1.29, 1.82) is 0 Å². The molecule has 2 heterocycles. The number of hydrogen-bond acceptors (Lipinski definition) is 5. The number of carbonyl (C=O) groups excluding carboxylic acids is 1. The third-order valence-electron chi connectivity index (χ3n) is 7.51. The third-order valence-corrected chi connectivity index (χ3v) is 7.51. The van der Waals surface area contributed by atoms with E-state index < -0.39 is 17.7 Å². The predicted molar refractivity (Wildman–Crippen MR) is 155 cm³/mol. The SMILES string of the molecule is CCCC(N[C@H]1CCc2cc(F)cc(F)c2C1)C(=O)Nc1cn(-c2ccccc2CNCCn2ccc(C)n2)cn1. The number of benzene rings is 2. The van der Waals surface area contributed by atoms with Crippen molar-refractivity contribution in [2.75, 3.05) is 11.9 Å². The van der Waals surface area contributed by atoms with Crippen LogP contribution >= 0.6 is 0 Å². The molecule has 0 fully saturated rings. The van der Waals surface area contributed by atoms with Gasteiger partial charge in [-0.3, -0.25) is 9.48 Å². The Hall–Kier alpha value is -3.89. The van der Waals surface area contributed by atoms with Gasteiger partial charge in [0.25, 0.3) is 0 Å². The van der Waals surface area contributed by atoms with Gasteiger partial charge in [-0.05, 0) is 67.5 Å². The minimum atomic E-state index is -0.547. The lowest BCUT2D eigenvalue weighted by atomic mass is 9.87. The normalized spacial score (nSPS) is 15.5. The number of nitrogens with one attached hydrogen (secondary N) is 3. The van der Waals surface area contributed by atoms with Crippen LogP contribution in [-0.2, 0) is 30.7 Å².